The summed E-state index contributed by atoms with van der Waals surface area (Å²) in [7, 11) is 0. The molecule has 3 nitrogen and oxygen atoms in total. The van der Waals surface area contributed by atoms with E-state index in [2.05, 4.69) is 5.32 Å². The fourth-order valence-electron chi connectivity index (χ4n) is 0.900. The molecule has 1 aliphatic heterocycles. The van der Waals surface area contributed by atoms with Gasteiger partial charge in [0.1, 0.15) is 5.60 Å². The van der Waals surface area contributed by atoms with E-state index in [1.54, 1.807) is 11.8 Å². The highest BCUT2D eigenvalue weighted by atomic mass is 32.2. The topological polar surface area (TPSA) is 38.3 Å². The van der Waals surface area contributed by atoms with Crippen molar-refractivity contribution < 1.29 is 9.53 Å². The van der Waals surface area contributed by atoms with Crippen LogP contribution in [0.1, 0.15) is 20.8 Å². The molecule has 14 heavy (non-hydrogen) atoms. The lowest BCUT2D eigenvalue weighted by atomic mass is 10.2. The Balaban J connectivity index is 2.41. The van der Waals surface area contributed by atoms with Crippen LogP contribution in [-0.2, 0) is 4.74 Å². The van der Waals surface area contributed by atoms with Crippen LogP contribution in [0.2, 0.25) is 0 Å². The molecule has 0 aliphatic carbocycles. The molecule has 0 aromatic rings. The number of hydrogen-bond acceptors (Lipinski definition) is 3. The van der Waals surface area contributed by atoms with Gasteiger partial charge in [0.25, 0.3) is 0 Å². The van der Waals surface area contributed by atoms with E-state index in [1.807, 2.05) is 38.3 Å². The van der Waals surface area contributed by atoms with Crippen LogP contribution in [0.5, 0.6) is 0 Å². The van der Waals surface area contributed by atoms with Crippen molar-refractivity contribution in [1.82, 2.24) is 5.32 Å². The smallest absolute Gasteiger partial charge is 0.412 e. The van der Waals surface area contributed by atoms with Gasteiger partial charge >= 0.3 is 6.09 Å². The van der Waals surface area contributed by atoms with Crippen LogP contribution >= 0.6 is 11.8 Å². The van der Waals surface area contributed by atoms with Crippen LogP contribution in [0.25, 0.3) is 0 Å². The summed E-state index contributed by atoms with van der Waals surface area (Å²) in [6, 6.07) is 0. The molecular formula is C10H15NO2S. The lowest BCUT2D eigenvalue weighted by Gasteiger charge is -2.20. The molecule has 0 aromatic carbocycles. The highest BCUT2D eigenvalue weighted by Crippen LogP contribution is 2.13. The predicted molar refractivity (Wildman–Crippen MR) is 59.1 cm³/mol. The Kier molecular flexibility index (Phi) is 3.63. The Labute approximate surface area is 88.6 Å². The second-order valence-electron chi connectivity index (χ2n) is 3.94. The minimum absolute atomic E-state index is 0.407. The number of amides is 1. The lowest BCUT2D eigenvalue weighted by Crippen LogP contribution is -2.31. The summed E-state index contributed by atoms with van der Waals surface area (Å²) in [5, 5.41) is 4.57. The van der Waals surface area contributed by atoms with Crippen molar-refractivity contribution in [2.45, 2.75) is 26.4 Å². The van der Waals surface area contributed by atoms with Crippen molar-refractivity contribution >= 4 is 17.9 Å². The SMILES string of the molecule is CC(C)(C)OC(=O)NC1=CSCC=C1. The number of hydrogen-bond donors (Lipinski definition) is 1. The van der Waals surface area contributed by atoms with Gasteiger partial charge in [-0.3, -0.25) is 5.32 Å². The monoisotopic (exact) mass is 213 g/mol. The Morgan fingerprint density at radius 2 is 2.29 bits per heavy atom. The summed E-state index contributed by atoms with van der Waals surface area (Å²) in [4.78, 5) is 11.3. The van der Waals surface area contributed by atoms with E-state index in [0.29, 0.717) is 0 Å². The van der Waals surface area contributed by atoms with Crippen molar-refractivity contribution in [3.05, 3.63) is 23.3 Å². The van der Waals surface area contributed by atoms with Gasteiger partial charge in [-0.2, -0.15) is 0 Å². The maximum absolute atomic E-state index is 11.3. The van der Waals surface area contributed by atoms with Gasteiger partial charge in [0, 0.05) is 5.75 Å². The Morgan fingerprint density at radius 3 is 2.79 bits per heavy atom. The maximum atomic E-state index is 11.3. The van der Waals surface area contributed by atoms with E-state index >= 15 is 0 Å². The van der Waals surface area contributed by atoms with E-state index < -0.39 is 11.7 Å². The zero-order valence-electron chi connectivity index (χ0n) is 8.66. The maximum Gasteiger partial charge on any atom is 0.412 e. The average Bonchev–Trinajstić information content (AvgIpc) is 2.02. The number of carbonyl (C=O) groups is 1. The molecule has 0 unspecified atom stereocenters. The van der Waals surface area contributed by atoms with Crippen molar-refractivity contribution in [3.63, 3.8) is 0 Å². The quantitative estimate of drug-likeness (QED) is 0.727. The third-order valence-electron chi connectivity index (χ3n) is 1.35. The first-order valence-electron chi connectivity index (χ1n) is 4.46. The predicted octanol–water partition coefficient (Wildman–Crippen LogP) is 2.66. The molecule has 1 rings (SSSR count). The summed E-state index contributed by atoms with van der Waals surface area (Å²) in [6.45, 7) is 5.52. The number of carbonyl (C=O) groups excluding carboxylic acids is 1. The van der Waals surface area contributed by atoms with E-state index in [-0.39, 0.29) is 0 Å². The van der Waals surface area contributed by atoms with Gasteiger partial charge < -0.3 is 4.74 Å². The second kappa shape index (κ2) is 4.55. The van der Waals surface area contributed by atoms with Crippen molar-refractivity contribution in [2.24, 2.45) is 0 Å². The van der Waals surface area contributed by atoms with Gasteiger partial charge in [0.05, 0.1) is 5.70 Å². The van der Waals surface area contributed by atoms with Crippen LogP contribution in [0.4, 0.5) is 4.79 Å². The molecule has 1 heterocycles. The first kappa shape index (κ1) is 11.2. The minimum Gasteiger partial charge on any atom is -0.444 e. The third-order valence-corrected chi connectivity index (χ3v) is 2.15. The van der Waals surface area contributed by atoms with E-state index in [0.717, 1.165) is 11.4 Å². The molecule has 1 amide bonds. The zero-order chi connectivity index (χ0) is 10.6. The van der Waals surface area contributed by atoms with Crippen LogP contribution < -0.4 is 5.32 Å². The summed E-state index contributed by atoms with van der Waals surface area (Å²) in [6.07, 6.45) is 3.47. The normalized spacial score (nSPS) is 16.1. The lowest BCUT2D eigenvalue weighted by molar-refractivity contribution is 0.0548. The summed E-state index contributed by atoms with van der Waals surface area (Å²) in [5.41, 5.74) is 0.339. The molecule has 0 radical (unpaired) electrons. The Morgan fingerprint density at radius 1 is 1.57 bits per heavy atom. The third kappa shape index (κ3) is 4.37. The molecule has 0 saturated carbocycles. The minimum atomic E-state index is -0.448. The number of nitrogens with one attached hydrogen (secondary N) is 1. The molecule has 4 heteroatoms. The van der Waals surface area contributed by atoms with Gasteiger partial charge in [0.2, 0.25) is 0 Å². The second-order valence-corrected chi connectivity index (χ2v) is 4.84. The van der Waals surface area contributed by atoms with Gasteiger partial charge in [-0.25, -0.2) is 4.79 Å². The Bertz CT molecular complexity index is 276. The summed E-state index contributed by atoms with van der Waals surface area (Å²) >= 11 is 1.64. The fourth-order valence-corrected chi connectivity index (χ4v) is 1.52. The first-order valence-corrected chi connectivity index (χ1v) is 5.50. The molecule has 1 N–H and O–H groups in total. The largest absolute Gasteiger partial charge is 0.444 e. The zero-order valence-corrected chi connectivity index (χ0v) is 9.48. The Hall–Kier alpha value is -0.900. The van der Waals surface area contributed by atoms with Crippen molar-refractivity contribution in [2.75, 3.05) is 5.75 Å². The van der Waals surface area contributed by atoms with Gasteiger partial charge in [-0.1, -0.05) is 6.08 Å². The summed E-state index contributed by atoms with van der Waals surface area (Å²) in [5.74, 6) is 0.958. The molecule has 0 fully saturated rings. The molecule has 0 atom stereocenters. The first-order chi connectivity index (χ1) is 6.47. The van der Waals surface area contributed by atoms with Gasteiger partial charge in [-0.15, -0.1) is 11.8 Å². The number of rotatable bonds is 1. The molecule has 0 spiro atoms. The average molecular weight is 213 g/mol. The molecule has 78 valence electrons. The van der Waals surface area contributed by atoms with E-state index in [9.17, 15) is 4.79 Å². The summed E-state index contributed by atoms with van der Waals surface area (Å²) < 4.78 is 5.11. The number of allylic oxidation sites excluding steroid dienone is 1. The number of thioether (sulfide) groups is 1. The van der Waals surface area contributed by atoms with Gasteiger partial charge in [-0.05, 0) is 32.3 Å². The van der Waals surface area contributed by atoms with Crippen LogP contribution in [-0.4, -0.2) is 17.4 Å². The standard InChI is InChI=1S/C10H15NO2S/c1-10(2,3)13-9(12)11-8-5-4-6-14-7-8/h4-5,7H,6H2,1-3H3,(H,11,12). The van der Waals surface area contributed by atoms with Crippen molar-refractivity contribution in [1.29, 1.82) is 0 Å². The highest BCUT2D eigenvalue weighted by molar-refractivity contribution is 8.02. The molecule has 1 aliphatic rings. The fraction of sp³-hybridized carbons (Fsp3) is 0.500. The molecule has 0 bridgehead atoms. The number of alkyl carbamates (subject to hydrolysis) is 1. The van der Waals surface area contributed by atoms with E-state index in [4.69, 9.17) is 4.74 Å². The number of ether oxygens (including phenoxy) is 1. The van der Waals surface area contributed by atoms with Crippen molar-refractivity contribution in [3.8, 4) is 0 Å². The van der Waals surface area contributed by atoms with Crippen LogP contribution in [0, 0.1) is 0 Å². The van der Waals surface area contributed by atoms with Crippen LogP contribution in [0.3, 0.4) is 0 Å². The molecule has 0 aromatic heterocycles. The van der Waals surface area contributed by atoms with Crippen LogP contribution in [0.15, 0.2) is 23.3 Å². The molecular weight excluding hydrogens is 198 g/mol. The molecule has 0 saturated heterocycles. The van der Waals surface area contributed by atoms with E-state index in [1.165, 1.54) is 0 Å². The highest BCUT2D eigenvalue weighted by Gasteiger charge is 2.16. The van der Waals surface area contributed by atoms with Gasteiger partial charge in [0.15, 0.2) is 0 Å².